The number of ether oxygens (including phenoxy) is 3. The van der Waals surface area contributed by atoms with Crippen LogP contribution in [0.2, 0.25) is 0 Å². The first-order valence-electron chi connectivity index (χ1n) is 10.3. The number of phenolic OH excluding ortho intramolecular Hbond substituents is 1. The average Bonchev–Trinajstić information content (AvgIpc) is 3.06. The van der Waals surface area contributed by atoms with Gasteiger partial charge >= 0.3 is 0 Å². The van der Waals surface area contributed by atoms with Crippen LogP contribution in [0.4, 0.5) is 0 Å². The molecule has 9 nitrogen and oxygen atoms in total. The van der Waals surface area contributed by atoms with E-state index >= 15 is 0 Å². The van der Waals surface area contributed by atoms with Crippen LogP contribution in [0, 0.1) is 0 Å². The Bertz CT molecular complexity index is 1090. The number of nitrogens with zero attached hydrogens (tertiary/aromatic N) is 2. The second-order valence-corrected chi connectivity index (χ2v) is 7.76. The van der Waals surface area contributed by atoms with Gasteiger partial charge < -0.3 is 34.2 Å². The summed E-state index contributed by atoms with van der Waals surface area (Å²) < 4.78 is 16.0. The fraction of sp³-hybridized carbons (Fsp3) is 0.333. The number of aliphatic hydroxyl groups is 1. The molecule has 176 valence electrons. The van der Waals surface area contributed by atoms with E-state index in [1.165, 1.54) is 44.4 Å². The Labute approximate surface area is 192 Å². The standard InChI is InChI=1S/C24H28N2O7/c1-25(2)11-12-26-20(16-7-6-8-18(32-4)23(16)33-5)19(22(29)24(26)30)21(28)15-10-9-14(31-3)13-17(15)27/h6-10,13,20,27-28H,11-12H2,1-5H3/t20-/m0/s1. The van der Waals surface area contributed by atoms with Crippen molar-refractivity contribution in [2.45, 2.75) is 6.04 Å². The maximum atomic E-state index is 13.1. The Kier molecular flexibility index (Phi) is 7.13. The number of aromatic hydroxyl groups is 1. The second kappa shape index (κ2) is 9.83. The van der Waals surface area contributed by atoms with E-state index in [1.54, 1.807) is 18.2 Å². The van der Waals surface area contributed by atoms with Gasteiger partial charge in [-0.25, -0.2) is 0 Å². The third-order valence-electron chi connectivity index (χ3n) is 5.52. The number of amides is 1. The zero-order chi connectivity index (χ0) is 24.3. The largest absolute Gasteiger partial charge is 0.507 e. The highest BCUT2D eigenvalue weighted by atomic mass is 16.5. The first kappa shape index (κ1) is 23.9. The highest BCUT2D eigenvalue weighted by Crippen LogP contribution is 2.46. The summed E-state index contributed by atoms with van der Waals surface area (Å²) >= 11 is 0. The number of para-hydroxylation sites is 1. The van der Waals surface area contributed by atoms with E-state index in [0.29, 0.717) is 29.4 Å². The molecule has 2 aromatic carbocycles. The van der Waals surface area contributed by atoms with Crippen LogP contribution in [0.5, 0.6) is 23.0 Å². The summed E-state index contributed by atoms with van der Waals surface area (Å²) in [7, 11) is 8.10. The van der Waals surface area contributed by atoms with Gasteiger partial charge in [-0.15, -0.1) is 0 Å². The van der Waals surface area contributed by atoms with Crippen molar-refractivity contribution in [1.82, 2.24) is 9.80 Å². The van der Waals surface area contributed by atoms with Gasteiger partial charge in [0.1, 0.15) is 17.3 Å². The summed E-state index contributed by atoms with van der Waals surface area (Å²) in [6.07, 6.45) is 0. The van der Waals surface area contributed by atoms with Gasteiger partial charge in [-0.3, -0.25) is 9.59 Å². The molecular formula is C24H28N2O7. The van der Waals surface area contributed by atoms with Gasteiger partial charge in [0.05, 0.1) is 38.5 Å². The minimum absolute atomic E-state index is 0.00766. The minimum atomic E-state index is -0.948. The van der Waals surface area contributed by atoms with Crippen LogP contribution in [0.25, 0.3) is 5.76 Å². The van der Waals surface area contributed by atoms with E-state index in [4.69, 9.17) is 14.2 Å². The number of likely N-dealkylation sites (tertiary alicyclic amines) is 1. The van der Waals surface area contributed by atoms with Crippen molar-refractivity contribution in [1.29, 1.82) is 0 Å². The molecule has 1 saturated heterocycles. The third-order valence-corrected chi connectivity index (χ3v) is 5.52. The molecule has 0 saturated carbocycles. The smallest absolute Gasteiger partial charge is 0.295 e. The number of benzene rings is 2. The van der Waals surface area contributed by atoms with Gasteiger partial charge in [-0.1, -0.05) is 12.1 Å². The predicted molar refractivity (Wildman–Crippen MR) is 122 cm³/mol. The van der Waals surface area contributed by atoms with E-state index in [9.17, 15) is 19.8 Å². The number of carbonyl (C=O) groups is 2. The molecule has 0 bridgehead atoms. The van der Waals surface area contributed by atoms with Crippen molar-refractivity contribution < 1.29 is 34.0 Å². The lowest BCUT2D eigenvalue weighted by atomic mass is 9.94. The lowest BCUT2D eigenvalue weighted by molar-refractivity contribution is -0.140. The summed E-state index contributed by atoms with van der Waals surface area (Å²) in [5.74, 6) is -1.25. The fourth-order valence-electron chi connectivity index (χ4n) is 3.85. The number of hydrogen-bond acceptors (Lipinski definition) is 8. The number of phenols is 1. The van der Waals surface area contributed by atoms with Crippen LogP contribution in [0.3, 0.4) is 0 Å². The second-order valence-electron chi connectivity index (χ2n) is 7.76. The van der Waals surface area contributed by atoms with Crippen LogP contribution < -0.4 is 14.2 Å². The van der Waals surface area contributed by atoms with Gasteiger partial charge in [-0.05, 0) is 32.3 Å². The zero-order valence-corrected chi connectivity index (χ0v) is 19.3. The maximum Gasteiger partial charge on any atom is 0.295 e. The number of likely N-dealkylation sites (N-methyl/N-ethyl adjacent to an activating group) is 1. The molecule has 0 unspecified atom stereocenters. The van der Waals surface area contributed by atoms with E-state index in [-0.39, 0.29) is 23.4 Å². The van der Waals surface area contributed by atoms with Gasteiger partial charge in [-0.2, -0.15) is 0 Å². The van der Waals surface area contributed by atoms with Crippen molar-refractivity contribution in [3.05, 3.63) is 53.1 Å². The van der Waals surface area contributed by atoms with Crippen LogP contribution in [0.1, 0.15) is 17.2 Å². The van der Waals surface area contributed by atoms with Crippen LogP contribution in [-0.4, -0.2) is 80.2 Å². The molecule has 0 aromatic heterocycles. The molecule has 33 heavy (non-hydrogen) atoms. The summed E-state index contributed by atoms with van der Waals surface area (Å²) in [5.41, 5.74) is 0.336. The molecule has 2 aromatic rings. The third kappa shape index (κ3) is 4.45. The molecule has 0 aliphatic carbocycles. The lowest BCUT2D eigenvalue weighted by Gasteiger charge is -2.28. The van der Waals surface area contributed by atoms with Crippen molar-refractivity contribution in [2.75, 3.05) is 48.5 Å². The summed E-state index contributed by atoms with van der Waals surface area (Å²) in [6, 6.07) is 8.46. The molecule has 0 spiro atoms. The van der Waals surface area contributed by atoms with Gasteiger partial charge in [0.25, 0.3) is 11.7 Å². The summed E-state index contributed by atoms with van der Waals surface area (Å²) in [6.45, 7) is 0.720. The molecule has 1 amide bonds. The normalized spacial score (nSPS) is 17.5. The molecule has 1 atom stereocenters. The van der Waals surface area contributed by atoms with Gasteiger partial charge in [0.15, 0.2) is 11.5 Å². The van der Waals surface area contributed by atoms with Crippen molar-refractivity contribution >= 4 is 17.4 Å². The number of ketones is 1. The number of hydrogen-bond donors (Lipinski definition) is 2. The maximum absolute atomic E-state index is 13.1. The number of aliphatic hydroxyl groups excluding tert-OH is 1. The number of carbonyl (C=O) groups excluding carboxylic acids is 2. The topological polar surface area (TPSA) is 109 Å². The molecule has 9 heteroatoms. The fourth-order valence-corrected chi connectivity index (χ4v) is 3.85. The highest BCUT2D eigenvalue weighted by molar-refractivity contribution is 6.46. The minimum Gasteiger partial charge on any atom is -0.507 e. The number of rotatable bonds is 8. The monoisotopic (exact) mass is 456 g/mol. The van der Waals surface area contributed by atoms with E-state index in [2.05, 4.69) is 0 Å². The first-order valence-corrected chi connectivity index (χ1v) is 10.3. The zero-order valence-electron chi connectivity index (χ0n) is 19.3. The average molecular weight is 456 g/mol. The van der Waals surface area contributed by atoms with E-state index < -0.39 is 23.5 Å². The van der Waals surface area contributed by atoms with Gasteiger partial charge in [0.2, 0.25) is 0 Å². The molecule has 0 radical (unpaired) electrons. The molecule has 1 aliphatic rings. The predicted octanol–water partition coefficient (Wildman–Crippen LogP) is 2.40. The van der Waals surface area contributed by atoms with Crippen LogP contribution in [0.15, 0.2) is 42.0 Å². The Morgan fingerprint density at radius 2 is 1.79 bits per heavy atom. The quantitative estimate of drug-likeness (QED) is 0.354. The Morgan fingerprint density at radius 3 is 2.36 bits per heavy atom. The van der Waals surface area contributed by atoms with Crippen LogP contribution >= 0.6 is 0 Å². The molecular weight excluding hydrogens is 428 g/mol. The van der Waals surface area contributed by atoms with Gasteiger partial charge in [0, 0.05) is 24.7 Å². The molecule has 1 aliphatic heterocycles. The van der Waals surface area contributed by atoms with Crippen molar-refractivity contribution in [2.24, 2.45) is 0 Å². The SMILES string of the molecule is COc1ccc(C(O)=C2C(=O)C(=O)N(CCN(C)C)[C@H]2c2cccc(OC)c2OC)c(O)c1. The Balaban J connectivity index is 2.26. The highest BCUT2D eigenvalue weighted by Gasteiger charge is 2.47. The van der Waals surface area contributed by atoms with Crippen molar-refractivity contribution in [3.63, 3.8) is 0 Å². The lowest BCUT2D eigenvalue weighted by Crippen LogP contribution is -2.35. The Hall–Kier alpha value is -3.72. The van der Waals surface area contributed by atoms with Crippen LogP contribution in [-0.2, 0) is 9.59 Å². The summed E-state index contributed by atoms with van der Waals surface area (Å²) in [5, 5.41) is 21.6. The number of Topliss-reactive ketones (excluding diaryl/α,β-unsaturated/α-hetero) is 1. The molecule has 1 fully saturated rings. The molecule has 1 heterocycles. The van der Waals surface area contributed by atoms with E-state index in [1.807, 2.05) is 19.0 Å². The van der Waals surface area contributed by atoms with E-state index in [0.717, 1.165) is 0 Å². The Morgan fingerprint density at radius 1 is 1.06 bits per heavy atom. The van der Waals surface area contributed by atoms with Crippen molar-refractivity contribution in [3.8, 4) is 23.0 Å². The summed E-state index contributed by atoms with van der Waals surface area (Å²) in [4.78, 5) is 29.5. The molecule has 2 N–H and O–H groups in total. The number of methoxy groups -OCH3 is 3. The molecule has 3 rings (SSSR count). The first-order chi connectivity index (χ1) is 15.7.